The topological polar surface area (TPSA) is 26.0 Å². The molecule has 1 rings (SSSR count). The minimum atomic E-state index is -0.269. The van der Waals surface area contributed by atoms with Gasteiger partial charge in [-0.1, -0.05) is 46.4 Å². The highest BCUT2D eigenvalue weighted by Gasteiger charge is 2.15. The SMILES string of the molecule is C[C@@H](N)c1c(Cl)cc(Cl)c(Cl)c1Cl. The standard InChI is InChI=1S/C8H7Cl4N/c1-3(13)6-4(9)2-5(10)7(11)8(6)12/h2-3H,13H2,1H3/t3-/m1/s1. The van der Waals surface area contributed by atoms with Gasteiger partial charge in [-0.05, 0) is 13.0 Å². The number of nitrogens with two attached hydrogens (primary N) is 1. The zero-order valence-corrected chi connectivity index (χ0v) is 9.77. The van der Waals surface area contributed by atoms with Gasteiger partial charge in [0.15, 0.2) is 0 Å². The van der Waals surface area contributed by atoms with Crippen molar-refractivity contribution >= 4 is 46.4 Å². The van der Waals surface area contributed by atoms with Crippen molar-refractivity contribution in [3.63, 3.8) is 0 Å². The molecule has 0 radical (unpaired) electrons. The lowest BCUT2D eigenvalue weighted by Gasteiger charge is -2.12. The van der Waals surface area contributed by atoms with Crippen LogP contribution < -0.4 is 5.73 Å². The van der Waals surface area contributed by atoms with Crippen molar-refractivity contribution in [2.75, 3.05) is 0 Å². The van der Waals surface area contributed by atoms with Crippen LogP contribution in [0.1, 0.15) is 18.5 Å². The van der Waals surface area contributed by atoms with Crippen LogP contribution in [0.3, 0.4) is 0 Å². The van der Waals surface area contributed by atoms with Crippen molar-refractivity contribution in [2.24, 2.45) is 5.73 Å². The van der Waals surface area contributed by atoms with Gasteiger partial charge in [-0.3, -0.25) is 0 Å². The molecule has 0 aliphatic rings. The highest BCUT2D eigenvalue weighted by molar-refractivity contribution is 6.49. The summed E-state index contributed by atoms with van der Waals surface area (Å²) < 4.78 is 0. The van der Waals surface area contributed by atoms with Gasteiger partial charge in [-0.2, -0.15) is 0 Å². The lowest BCUT2D eigenvalue weighted by Crippen LogP contribution is -2.06. The summed E-state index contributed by atoms with van der Waals surface area (Å²) >= 11 is 23.4. The first kappa shape index (κ1) is 11.4. The summed E-state index contributed by atoms with van der Waals surface area (Å²) in [6.07, 6.45) is 0. The first-order chi connectivity index (χ1) is 5.95. The lowest BCUT2D eigenvalue weighted by molar-refractivity contribution is 0.819. The average Bonchev–Trinajstić information content (AvgIpc) is 1.99. The maximum Gasteiger partial charge on any atom is 0.0782 e. The molecule has 0 saturated heterocycles. The third kappa shape index (κ3) is 2.23. The van der Waals surface area contributed by atoms with E-state index in [9.17, 15) is 0 Å². The molecule has 13 heavy (non-hydrogen) atoms. The van der Waals surface area contributed by atoms with E-state index in [1.165, 1.54) is 6.07 Å². The lowest BCUT2D eigenvalue weighted by atomic mass is 10.1. The molecular formula is C8H7Cl4N. The first-order valence-electron chi connectivity index (χ1n) is 3.53. The van der Waals surface area contributed by atoms with Gasteiger partial charge >= 0.3 is 0 Å². The normalized spacial score (nSPS) is 13.1. The Balaban J connectivity index is 3.44. The molecule has 0 fully saturated rings. The quantitative estimate of drug-likeness (QED) is 0.589. The van der Waals surface area contributed by atoms with Gasteiger partial charge in [0.1, 0.15) is 0 Å². The van der Waals surface area contributed by atoms with E-state index in [1.54, 1.807) is 6.92 Å². The van der Waals surface area contributed by atoms with Crippen molar-refractivity contribution < 1.29 is 0 Å². The van der Waals surface area contributed by atoms with Gasteiger partial charge < -0.3 is 5.73 Å². The van der Waals surface area contributed by atoms with E-state index in [1.807, 2.05) is 0 Å². The van der Waals surface area contributed by atoms with E-state index >= 15 is 0 Å². The maximum atomic E-state index is 5.92. The third-order valence-electron chi connectivity index (χ3n) is 1.60. The zero-order valence-electron chi connectivity index (χ0n) is 6.74. The molecule has 0 unspecified atom stereocenters. The second-order valence-electron chi connectivity index (χ2n) is 2.67. The van der Waals surface area contributed by atoms with E-state index in [0.717, 1.165) is 0 Å². The van der Waals surface area contributed by atoms with E-state index in [-0.39, 0.29) is 6.04 Å². The fourth-order valence-corrected chi connectivity index (χ4v) is 2.26. The Hall–Kier alpha value is 0.340. The Bertz CT molecular complexity index is 335. The fourth-order valence-electron chi connectivity index (χ4n) is 0.998. The Labute approximate surface area is 96.7 Å². The molecule has 1 aromatic rings. The number of benzene rings is 1. The fraction of sp³-hybridized carbons (Fsp3) is 0.250. The van der Waals surface area contributed by atoms with Crippen LogP contribution in [0.15, 0.2) is 6.07 Å². The first-order valence-corrected chi connectivity index (χ1v) is 5.04. The largest absolute Gasteiger partial charge is 0.324 e. The van der Waals surface area contributed by atoms with Crippen LogP contribution in [0.4, 0.5) is 0 Å². The minimum Gasteiger partial charge on any atom is -0.324 e. The van der Waals surface area contributed by atoms with Crippen LogP contribution in [0, 0.1) is 0 Å². The molecule has 0 aliphatic carbocycles. The van der Waals surface area contributed by atoms with E-state index in [2.05, 4.69) is 0 Å². The third-order valence-corrected chi connectivity index (χ3v) is 3.19. The summed E-state index contributed by atoms with van der Waals surface area (Å²) in [6, 6.07) is 1.27. The van der Waals surface area contributed by atoms with Gasteiger partial charge in [-0.25, -0.2) is 0 Å². The Morgan fingerprint density at radius 1 is 1.08 bits per heavy atom. The molecule has 0 heterocycles. The van der Waals surface area contributed by atoms with Crippen LogP contribution in [-0.2, 0) is 0 Å². The van der Waals surface area contributed by atoms with Gasteiger partial charge in [0.2, 0.25) is 0 Å². The molecule has 0 aromatic heterocycles. The molecule has 1 aromatic carbocycles. The summed E-state index contributed by atoms with van der Waals surface area (Å²) in [5.74, 6) is 0. The monoisotopic (exact) mass is 257 g/mol. The van der Waals surface area contributed by atoms with Crippen molar-refractivity contribution in [1.82, 2.24) is 0 Å². The summed E-state index contributed by atoms with van der Waals surface area (Å²) in [5.41, 5.74) is 6.29. The molecule has 5 heteroatoms. The Morgan fingerprint density at radius 3 is 2.08 bits per heavy atom. The summed E-state index contributed by atoms with van der Waals surface area (Å²) in [7, 11) is 0. The van der Waals surface area contributed by atoms with E-state index in [4.69, 9.17) is 52.1 Å². The molecule has 0 bridgehead atoms. The van der Waals surface area contributed by atoms with Crippen molar-refractivity contribution in [2.45, 2.75) is 13.0 Å². The summed E-state index contributed by atoms with van der Waals surface area (Å²) in [5, 5.41) is 1.39. The zero-order chi connectivity index (χ0) is 10.2. The maximum absolute atomic E-state index is 5.92. The molecule has 0 saturated carbocycles. The van der Waals surface area contributed by atoms with Crippen LogP contribution in [0.2, 0.25) is 20.1 Å². The summed E-state index contributed by atoms with van der Waals surface area (Å²) in [6.45, 7) is 1.78. The Morgan fingerprint density at radius 2 is 1.62 bits per heavy atom. The molecule has 1 nitrogen and oxygen atoms in total. The highest BCUT2D eigenvalue weighted by atomic mass is 35.5. The number of halogens is 4. The van der Waals surface area contributed by atoms with Crippen molar-refractivity contribution in [3.05, 3.63) is 31.7 Å². The van der Waals surface area contributed by atoms with E-state index in [0.29, 0.717) is 25.7 Å². The predicted octanol–water partition coefficient (Wildman–Crippen LogP) is 4.32. The summed E-state index contributed by atoms with van der Waals surface area (Å²) in [4.78, 5) is 0. The average molecular weight is 259 g/mol. The molecular weight excluding hydrogens is 252 g/mol. The number of hydrogen-bond acceptors (Lipinski definition) is 1. The van der Waals surface area contributed by atoms with Gasteiger partial charge in [0.05, 0.1) is 15.1 Å². The van der Waals surface area contributed by atoms with Crippen LogP contribution in [-0.4, -0.2) is 0 Å². The molecule has 72 valence electrons. The van der Waals surface area contributed by atoms with Gasteiger partial charge in [0, 0.05) is 16.6 Å². The smallest absolute Gasteiger partial charge is 0.0782 e. The molecule has 0 aliphatic heterocycles. The molecule has 0 amide bonds. The molecule has 1 atom stereocenters. The molecule has 2 N–H and O–H groups in total. The number of rotatable bonds is 1. The predicted molar refractivity (Wildman–Crippen MR) is 59.1 cm³/mol. The van der Waals surface area contributed by atoms with Crippen molar-refractivity contribution in [3.8, 4) is 0 Å². The Kier molecular flexibility index (Phi) is 3.73. The van der Waals surface area contributed by atoms with Gasteiger partial charge in [0.25, 0.3) is 0 Å². The van der Waals surface area contributed by atoms with Crippen molar-refractivity contribution in [1.29, 1.82) is 0 Å². The highest BCUT2D eigenvalue weighted by Crippen LogP contribution is 2.39. The van der Waals surface area contributed by atoms with Crippen LogP contribution >= 0.6 is 46.4 Å². The van der Waals surface area contributed by atoms with E-state index < -0.39 is 0 Å². The van der Waals surface area contributed by atoms with Crippen LogP contribution in [0.5, 0.6) is 0 Å². The second kappa shape index (κ2) is 4.24. The molecule has 0 spiro atoms. The number of hydrogen-bond donors (Lipinski definition) is 1. The minimum absolute atomic E-state index is 0.269. The van der Waals surface area contributed by atoms with Crippen LogP contribution in [0.25, 0.3) is 0 Å². The second-order valence-corrected chi connectivity index (χ2v) is 4.24. The van der Waals surface area contributed by atoms with Gasteiger partial charge in [-0.15, -0.1) is 0 Å².